The molecule has 0 aliphatic heterocycles. The van der Waals surface area contributed by atoms with Gasteiger partial charge in [-0.1, -0.05) is 11.6 Å². The lowest BCUT2D eigenvalue weighted by Crippen LogP contribution is -2.15. The lowest BCUT2D eigenvalue weighted by molar-refractivity contribution is 0.0695. The second-order valence-electron chi connectivity index (χ2n) is 4.02. The number of H-pyrrole nitrogens is 1. The highest BCUT2D eigenvalue weighted by atomic mass is 35.5. The minimum Gasteiger partial charge on any atom is -0.477 e. The van der Waals surface area contributed by atoms with Gasteiger partial charge in [-0.3, -0.25) is 9.78 Å². The van der Waals surface area contributed by atoms with Gasteiger partial charge in [0.05, 0.1) is 21.4 Å². The first-order valence-electron chi connectivity index (χ1n) is 5.41. The average molecular weight is 275 g/mol. The van der Waals surface area contributed by atoms with E-state index in [0.717, 1.165) is 0 Å². The smallest absolute Gasteiger partial charge is 0.341 e. The minimum absolute atomic E-state index is 0.219. The molecule has 2 N–H and O–H groups in total. The van der Waals surface area contributed by atoms with Crippen LogP contribution >= 0.6 is 11.6 Å². The van der Waals surface area contributed by atoms with E-state index in [1.165, 1.54) is 12.3 Å². The molecule has 5 nitrogen and oxygen atoms in total. The van der Waals surface area contributed by atoms with Gasteiger partial charge in [0.15, 0.2) is 0 Å². The first-order chi connectivity index (χ1) is 9.09. The van der Waals surface area contributed by atoms with E-state index in [2.05, 4.69) is 9.97 Å². The van der Waals surface area contributed by atoms with Crippen molar-refractivity contribution in [2.45, 2.75) is 0 Å². The van der Waals surface area contributed by atoms with Gasteiger partial charge in [-0.25, -0.2) is 4.79 Å². The van der Waals surface area contributed by atoms with E-state index >= 15 is 0 Å². The third kappa shape index (κ3) is 1.67. The highest BCUT2D eigenvalue weighted by molar-refractivity contribution is 6.37. The maximum Gasteiger partial charge on any atom is 0.341 e. The fourth-order valence-electron chi connectivity index (χ4n) is 2.04. The summed E-state index contributed by atoms with van der Waals surface area (Å²) >= 11 is 6.10. The molecule has 0 fully saturated rings. The number of benzene rings is 1. The first-order valence-corrected chi connectivity index (χ1v) is 5.79. The molecule has 6 heteroatoms. The zero-order chi connectivity index (χ0) is 13.6. The molecule has 0 radical (unpaired) electrons. The minimum atomic E-state index is -1.28. The number of nitrogens with zero attached hydrogens (tertiary/aromatic N) is 1. The summed E-state index contributed by atoms with van der Waals surface area (Å²) in [6.45, 7) is 0. The Bertz CT molecular complexity index is 886. The summed E-state index contributed by atoms with van der Waals surface area (Å²) < 4.78 is 0. The number of aromatic amines is 1. The van der Waals surface area contributed by atoms with Crippen molar-refractivity contribution in [3.05, 3.63) is 51.4 Å². The van der Waals surface area contributed by atoms with Crippen molar-refractivity contribution in [3.63, 3.8) is 0 Å². The molecule has 94 valence electrons. The summed E-state index contributed by atoms with van der Waals surface area (Å²) in [5.74, 6) is -1.28. The van der Waals surface area contributed by atoms with Crippen molar-refractivity contribution in [3.8, 4) is 0 Å². The molecule has 0 unspecified atom stereocenters. The number of halogens is 1. The van der Waals surface area contributed by atoms with Crippen LogP contribution in [0.1, 0.15) is 10.4 Å². The zero-order valence-corrected chi connectivity index (χ0v) is 10.2. The van der Waals surface area contributed by atoms with E-state index in [4.69, 9.17) is 16.7 Å². The molecule has 0 aliphatic rings. The van der Waals surface area contributed by atoms with Crippen molar-refractivity contribution < 1.29 is 9.90 Å². The monoisotopic (exact) mass is 274 g/mol. The van der Waals surface area contributed by atoms with Gasteiger partial charge in [0.2, 0.25) is 5.43 Å². The van der Waals surface area contributed by atoms with Crippen LogP contribution < -0.4 is 5.43 Å². The van der Waals surface area contributed by atoms with Crippen LogP contribution in [0.15, 0.2) is 35.4 Å². The van der Waals surface area contributed by atoms with Gasteiger partial charge in [-0.15, -0.1) is 0 Å². The lowest BCUT2D eigenvalue weighted by atomic mass is 10.1. The molecule has 19 heavy (non-hydrogen) atoms. The number of rotatable bonds is 1. The first kappa shape index (κ1) is 11.7. The topological polar surface area (TPSA) is 83.0 Å². The molecule has 0 spiro atoms. The van der Waals surface area contributed by atoms with Crippen LogP contribution in [-0.2, 0) is 0 Å². The van der Waals surface area contributed by atoms with E-state index in [1.54, 1.807) is 18.3 Å². The SMILES string of the molecule is O=C(O)c1c[nH]c2c(cc(Cl)c3cccnc32)c1=O. The zero-order valence-electron chi connectivity index (χ0n) is 9.48. The largest absolute Gasteiger partial charge is 0.477 e. The van der Waals surface area contributed by atoms with E-state index < -0.39 is 11.4 Å². The molecule has 3 rings (SSSR count). The number of nitrogens with one attached hydrogen (secondary N) is 1. The van der Waals surface area contributed by atoms with Crippen LogP contribution in [-0.4, -0.2) is 21.0 Å². The Kier molecular flexibility index (Phi) is 2.50. The maximum absolute atomic E-state index is 12.1. The number of aromatic carboxylic acids is 1. The Morgan fingerprint density at radius 2 is 2.16 bits per heavy atom. The van der Waals surface area contributed by atoms with Crippen LogP contribution in [0.4, 0.5) is 0 Å². The van der Waals surface area contributed by atoms with Gasteiger partial charge in [0, 0.05) is 17.8 Å². The third-order valence-corrected chi connectivity index (χ3v) is 3.24. The predicted octanol–water partition coefficient (Wildman–Crippen LogP) is 2.43. The van der Waals surface area contributed by atoms with Gasteiger partial charge >= 0.3 is 5.97 Å². The number of carboxylic acids is 1. The van der Waals surface area contributed by atoms with Crippen molar-refractivity contribution >= 4 is 39.4 Å². The Morgan fingerprint density at radius 3 is 2.89 bits per heavy atom. The molecule has 0 saturated carbocycles. The molecule has 0 amide bonds. The molecule has 1 aromatic carbocycles. The number of carboxylic acid groups (broad SMARTS) is 1. The summed E-state index contributed by atoms with van der Waals surface area (Å²) in [5.41, 5.74) is 0.128. The fraction of sp³-hybridized carbons (Fsp3) is 0. The summed E-state index contributed by atoms with van der Waals surface area (Å²) in [6.07, 6.45) is 2.76. The Morgan fingerprint density at radius 1 is 1.37 bits per heavy atom. The molecule has 0 aliphatic carbocycles. The highest BCUT2D eigenvalue weighted by Crippen LogP contribution is 2.27. The fourth-order valence-corrected chi connectivity index (χ4v) is 2.30. The van der Waals surface area contributed by atoms with Crippen LogP contribution in [0.25, 0.3) is 21.8 Å². The maximum atomic E-state index is 12.1. The van der Waals surface area contributed by atoms with Crippen LogP contribution in [0.3, 0.4) is 0 Å². The van der Waals surface area contributed by atoms with Gasteiger partial charge in [-0.2, -0.15) is 0 Å². The van der Waals surface area contributed by atoms with E-state index in [0.29, 0.717) is 21.4 Å². The normalized spacial score (nSPS) is 11.0. The molecular weight excluding hydrogens is 268 g/mol. The summed E-state index contributed by atoms with van der Waals surface area (Å²) in [6, 6.07) is 4.99. The summed E-state index contributed by atoms with van der Waals surface area (Å²) in [7, 11) is 0. The van der Waals surface area contributed by atoms with Gasteiger partial charge < -0.3 is 10.1 Å². The number of aromatic nitrogens is 2. The quantitative estimate of drug-likeness (QED) is 0.668. The van der Waals surface area contributed by atoms with Crippen LogP contribution in [0, 0.1) is 0 Å². The summed E-state index contributed by atoms with van der Waals surface area (Å²) in [4.78, 5) is 30.0. The second kappa shape index (κ2) is 4.07. The predicted molar refractivity (Wildman–Crippen MR) is 71.8 cm³/mol. The van der Waals surface area contributed by atoms with E-state index in [-0.39, 0.29) is 10.9 Å². The van der Waals surface area contributed by atoms with Crippen molar-refractivity contribution in [2.24, 2.45) is 0 Å². The Hall–Kier alpha value is -2.40. The van der Waals surface area contributed by atoms with Crippen LogP contribution in [0.5, 0.6) is 0 Å². The number of hydrogen-bond acceptors (Lipinski definition) is 3. The van der Waals surface area contributed by atoms with Crippen molar-refractivity contribution in [1.82, 2.24) is 9.97 Å². The molecule has 2 heterocycles. The van der Waals surface area contributed by atoms with E-state index in [1.807, 2.05) is 0 Å². The summed E-state index contributed by atoms with van der Waals surface area (Å²) in [5, 5.41) is 10.2. The van der Waals surface area contributed by atoms with Crippen LogP contribution in [0.2, 0.25) is 5.02 Å². The second-order valence-corrected chi connectivity index (χ2v) is 4.42. The van der Waals surface area contributed by atoms with Gasteiger partial charge in [0.25, 0.3) is 0 Å². The third-order valence-electron chi connectivity index (χ3n) is 2.92. The van der Waals surface area contributed by atoms with Gasteiger partial charge in [-0.05, 0) is 18.2 Å². The lowest BCUT2D eigenvalue weighted by Gasteiger charge is -2.05. The molecule has 0 saturated heterocycles. The van der Waals surface area contributed by atoms with E-state index in [9.17, 15) is 9.59 Å². The number of pyridine rings is 2. The molecule has 3 aromatic rings. The number of hydrogen-bond donors (Lipinski definition) is 2. The Labute approximate surface area is 111 Å². The molecule has 0 bridgehead atoms. The Balaban J connectivity index is 2.57. The molecular formula is C13H7ClN2O3. The van der Waals surface area contributed by atoms with Gasteiger partial charge in [0.1, 0.15) is 5.56 Å². The van der Waals surface area contributed by atoms with Crippen molar-refractivity contribution in [1.29, 1.82) is 0 Å². The highest BCUT2D eigenvalue weighted by Gasteiger charge is 2.14. The van der Waals surface area contributed by atoms with Crippen molar-refractivity contribution in [2.75, 3.05) is 0 Å². The standard InChI is InChI=1S/C13H7ClN2O3/c14-9-4-7-11(10-6(9)2-1-3-15-10)16-5-8(12(7)17)13(18)19/h1-5H,(H,16,17)(H,18,19). The number of carbonyl (C=O) groups is 1. The average Bonchev–Trinajstić information content (AvgIpc) is 2.40. The molecule has 2 aromatic heterocycles. The molecule has 0 atom stereocenters. The number of fused-ring (bicyclic) bond motifs is 3.